The second-order valence-electron chi connectivity index (χ2n) is 8.07. The van der Waals surface area contributed by atoms with E-state index in [-0.39, 0.29) is 11.7 Å². The van der Waals surface area contributed by atoms with Crippen molar-refractivity contribution in [3.8, 4) is 11.3 Å². The van der Waals surface area contributed by atoms with Gasteiger partial charge in [-0.05, 0) is 31.0 Å². The molecule has 3 aromatic rings. The first kappa shape index (κ1) is 20.0. The molecule has 1 unspecified atom stereocenters. The SMILES string of the molecule is Cn1cnc2cc(-c3ccc(N4CCOCC4)cc3)nc(NCC3CCCO3)c2c1=O. The molecule has 31 heavy (non-hydrogen) atoms. The summed E-state index contributed by atoms with van der Waals surface area (Å²) in [6, 6.07) is 10.3. The molecule has 0 aliphatic carbocycles. The van der Waals surface area contributed by atoms with E-state index >= 15 is 0 Å². The standard InChI is InChI=1S/C23H27N5O3/c1-27-15-25-20-13-19(16-4-6-17(7-5-16)28-8-11-30-12-9-28)26-22(21(20)23(27)29)24-14-18-3-2-10-31-18/h4-7,13,15,18H,2-3,8-12,14H2,1H3,(H,24,26). The molecule has 1 N–H and O–H groups in total. The minimum absolute atomic E-state index is 0.110. The average Bonchev–Trinajstić information content (AvgIpc) is 3.34. The summed E-state index contributed by atoms with van der Waals surface area (Å²) in [7, 11) is 1.71. The molecule has 2 aliphatic rings. The van der Waals surface area contributed by atoms with Crippen LogP contribution in [0.2, 0.25) is 0 Å². The van der Waals surface area contributed by atoms with Gasteiger partial charge in [0.1, 0.15) is 11.2 Å². The van der Waals surface area contributed by atoms with Gasteiger partial charge in [0.15, 0.2) is 0 Å². The predicted octanol–water partition coefficient (Wildman–Crippen LogP) is 2.42. The van der Waals surface area contributed by atoms with Gasteiger partial charge in [0.05, 0.1) is 36.9 Å². The van der Waals surface area contributed by atoms with Crippen molar-refractivity contribution in [1.82, 2.24) is 14.5 Å². The van der Waals surface area contributed by atoms with E-state index in [0.29, 0.717) is 23.3 Å². The van der Waals surface area contributed by atoms with Crippen LogP contribution in [-0.4, -0.2) is 60.1 Å². The highest BCUT2D eigenvalue weighted by atomic mass is 16.5. The minimum atomic E-state index is -0.110. The Hall–Kier alpha value is -2.97. The van der Waals surface area contributed by atoms with Gasteiger partial charge in [-0.25, -0.2) is 9.97 Å². The van der Waals surface area contributed by atoms with Crippen LogP contribution in [0.5, 0.6) is 0 Å². The molecule has 2 fully saturated rings. The van der Waals surface area contributed by atoms with Crippen molar-refractivity contribution in [3.05, 3.63) is 47.0 Å². The highest BCUT2D eigenvalue weighted by molar-refractivity contribution is 5.91. The zero-order valence-corrected chi connectivity index (χ0v) is 17.7. The van der Waals surface area contributed by atoms with E-state index in [0.717, 1.165) is 57.0 Å². The summed E-state index contributed by atoms with van der Waals surface area (Å²) in [6.45, 7) is 4.73. The topological polar surface area (TPSA) is 81.5 Å². The van der Waals surface area contributed by atoms with E-state index in [4.69, 9.17) is 14.5 Å². The molecule has 5 rings (SSSR count). The van der Waals surface area contributed by atoms with Crippen LogP contribution in [0.4, 0.5) is 11.5 Å². The molecule has 8 heteroatoms. The molecule has 1 aromatic carbocycles. The third-order valence-electron chi connectivity index (χ3n) is 5.96. The Morgan fingerprint density at radius 3 is 2.71 bits per heavy atom. The lowest BCUT2D eigenvalue weighted by atomic mass is 10.1. The molecule has 4 heterocycles. The van der Waals surface area contributed by atoms with Gasteiger partial charge in [0.25, 0.3) is 5.56 Å². The van der Waals surface area contributed by atoms with Crippen molar-refractivity contribution in [2.45, 2.75) is 18.9 Å². The Labute approximate surface area is 180 Å². The molecule has 0 bridgehead atoms. The van der Waals surface area contributed by atoms with Gasteiger partial charge in [-0.1, -0.05) is 12.1 Å². The van der Waals surface area contributed by atoms with Crippen LogP contribution in [0.15, 0.2) is 41.5 Å². The molecule has 8 nitrogen and oxygen atoms in total. The molecule has 2 aromatic heterocycles. The van der Waals surface area contributed by atoms with Crippen molar-refractivity contribution in [3.63, 3.8) is 0 Å². The largest absolute Gasteiger partial charge is 0.378 e. The highest BCUT2D eigenvalue weighted by Crippen LogP contribution is 2.27. The van der Waals surface area contributed by atoms with E-state index in [2.05, 4.69) is 39.5 Å². The number of ether oxygens (including phenoxy) is 2. The van der Waals surface area contributed by atoms with Crippen molar-refractivity contribution in [1.29, 1.82) is 0 Å². The number of morpholine rings is 1. The molecule has 0 saturated carbocycles. The smallest absolute Gasteiger partial charge is 0.264 e. The first-order valence-electron chi connectivity index (χ1n) is 10.8. The summed E-state index contributed by atoms with van der Waals surface area (Å²) in [5.41, 5.74) is 3.48. The zero-order valence-electron chi connectivity index (χ0n) is 17.7. The van der Waals surface area contributed by atoms with E-state index in [9.17, 15) is 4.79 Å². The van der Waals surface area contributed by atoms with Crippen LogP contribution in [0, 0.1) is 0 Å². The predicted molar refractivity (Wildman–Crippen MR) is 121 cm³/mol. The van der Waals surface area contributed by atoms with E-state index < -0.39 is 0 Å². The summed E-state index contributed by atoms with van der Waals surface area (Å²) < 4.78 is 12.7. The molecule has 2 aliphatic heterocycles. The second kappa shape index (κ2) is 8.64. The Bertz CT molecular complexity index is 1120. The van der Waals surface area contributed by atoms with Crippen LogP contribution in [-0.2, 0) is 16.5 Å². The zero-order chi connectivity index (χ0) is 21.2. The third kappa shape index (κ3) is 4.13. The van der Waals surface area contributed by atoms with E-state index in [1.165, 1.54) is 10.3 Å². The number of pyridine rings is 1. The number of benzene rings is 1. The van der Waals surface area contributed by atoms with Gasteiger partial charge in [0, 0.05) is 44.5 Å². The highest BCUT2D eigenvalue weighted by Gasteiger charge is 2.18. The van der Waals surface area contributed by atoms with Crippen molar-refractivity contribution in [2.24, 2.45) is 7.05 Å². The fourth-order valence-electron chi connectivity index (χ4n) is 4.18. The van der Waals surface area contributed by atoms with E-state index in [1.807, 2.05) is 6.07 Å². The first-order chi connectivity index (χ1) is 15.2. The maximum absolute atomic E-state index is 12.8. The van der Waals surface area contributed by atoms with Crippen molar-refractivity contribution >= 4 is 22.4 Å². The number of nitrogens with one attached hydrogen (secondary N) is 1. The van der Waals surface area contributed by atoms with Crippen molar-refractivity contribution < 1.29 is 9.47 Å². The number of anilines is 2. The molecule has 1 atom stereocenters. The van der Waals surface area contributed by atoms with Gasteiger partial charge in [-0.2, -0.15) is 0 Å². The monoisotopic (exact) mass is 421 g/mol. The molecule has 0 radical (unpaired) electrons. The van der Waals surface area contributed by atoms with Crippen LogP contribution in [0.1, 0.15) is 12.8 Å². The number of fused-ring (bicyclic) bond motifs is 1. The van der Waals surface area contributed by atoms with Gasteiger partial charge in [-0.3, -0.25) is 4.79 Å². The Balaban J connectivity index is 1.49. The van der Waals surface area contributed by atoms with Crippen LogP contribution >= 0.6 is 0 Å². The second-order valence-corrected chi connectivity index (χ2v) is 8.07. The normalized spacial score (nSPS) is 19.1. The quantitative estimate of drug-likeness (QED) is 0.678. The molecular weight excluding hydrogens is 394 g/mol. The fraction of sp³-hybridized carbons (Fsp3) is 0.435. The molecule has 2 saturated heterocycles. The Kier molecular flexibility index (Phi) is 5.57. The van der Waals surface area contributed by atoms with Crippen LogP contribution in [0.3, 0.4) is 0 Å². The maximum Gasteiger partial charge on any atom is 0.264 e. The van der Waals surface area contributed by atoms with Gasteiger partial charge in [0.2, 0.25) is 0 Å². The maximum atomic E-state index is 12.8. The summed E-state index contributed by atoms with van der Waals surface area (Å²) in [5, 5.41) is 3.87. The number of rotatable bonds is 5. The first-order valence-corrected chi connectivity index (χ1v) is 10.8. The summed E-state index contributed by atoms with van der Waals surface area (Å²) in [4.78, 5) is 24.4. The van der Waals surface area contributed by atoms with Crippen LogP contribution in [0.25, 0.3) is 22.2 Å². The summed E-state index contributed by atoms with van der Waals surface area (Å²) >= 11 is 0. The van der Waals surface area contributed by atoms with Gasteiger partial charge >= 0.3 is 0 Å². The third-order valence-corrected chi connectivity index (χ3v) is 5.96. The molecule has 0 amide bonds. The Morgan fingerprint density at radius 2 is 1.97 bits per heavy atom. The summed E-state index contributed by atoms with van der Waals surface area (Å²) in [6.07, 6.45) is 3.79. The number of hydrogen-bond acceptors (Lipinski definition) is 7. The van der Waals surface area contributed by atoms with E-state index in [1.54, 1.807) is 13.4 Å². The van der Waals surface area contributed by atoms with Crippen LogP contribution < -0.4 is 15.8 Å². The average molecular weight is 422 g/mol. The molecular formula is C23H27N5O3. The lowest BCUT2D eigenvalue weighted by Gasteiger charge is -2.28. The minimum Gasteiger partial charge on any atom is -0.378 e. The number of aromatic nitrogens is 3. The van der Waals surface area contributed by atoms with Gasteiger partial charge < -0.3 is 24.3 Å². The summed E-state index contributed by atoms with van der Waals surface area (Å²) in [5.74, 6) is 0.564. The lowest BCUT2D eigenvalue weighted by Crippen LogP contribution is -2.36. The molecule has 162 valence electrons. The van der Waals surface area contributed by atoms with Crippen molar-refractivity contribution in [2.75, 3.05) is 49.7 Å². The number of aryl methyl sites for hydroxylation is 1. The number of nitrogens with zero attached hydrogens (tertiary/aromatic N) is 4. The Morgan fingerprint density at radius 1 is 1.16 bits per heavy atom. The van der Waals surface area contributed by atoms with Gasteiger partial charge in [-0.15, -0.1) is 0 Å². The molecule has 0 spiro atoms. The fourth-order valence-corrected chi connectivity index (χ4v) is 4.18. The lowest BCUT2D eigenvalue weighted by molar-refractivity contribution is 0.120. The number of hydrogen-bond donors (Lipinski definition) is 1.